The molecule has 0 bridgehead atoms. The van der Waals surface area contributed by atoms with E-state index in [0.29, 0.717) is 7.11 Å². The fourth-order valence-corrected chi connectivity index (χ4v) is 0.881. The first kappa shape index (κ1) is 19.2. The number of methoxy groups -OCH3 is 1. The first-order chi connectivity index (χ1) is 9.30. The monoisotopic (exact) mass is 324 g/mol. The Morgan fingerprint density at radius 2 is 1.43 bits per heavy atom. The van der Waals surface area contributed by atoms with Crippen molar-refractivity contribution in [3.63, 3.8) is 0 Å². The highest BCUT2D eigenvalue weighted by atomic mass is 19.4. The Bertz CT molecular complexity index is 399. The molecule has 0 aromatic rings. The van der Waals surface area contributed by atoms with Gasteiger partial charge in [0.05, 0.1) is 0 Å². The number of hydrogen-bond acceptors (Lipinski definition) is 5. The molecule has 0 amide bonds. The first-order valence-corrected chi connectivity index (χ1v) is 5.04. The Balaban J connectivity index is 5.04. The minimum atomic E-state index is -5.88. The average Bonchev–Trinajstić information content (AvgIpc) is 2.29. The van der Waals surface area contributed by atoms with E-state index in [1.165, 1.54) is 0 Å². The molecule has 0 heterocycles. The lowest BCUT2D eigenvalue weighted by atomic mass is 10.3. The smallest absolute Gasteiger partial charge is 0.434 e. The summed E-state index contributed by atoms with van der Waals surface area (Å²) in [6, 6.07) is 0. The number of rotatable bonds is 5. The second kappa shape index (κ2) is 6.78. The molecule has 0 aliphatic heterocycles. The zero-order valence-corrected chi connectivity index (χ0v) is 10.7. The predicted molar refractivity (Wildman–Crippen MR) is 53.7 cm³/mol. The second-order valence-electron chi connectivity index (χ2n) is 3.65. The van der Waals surface area contributed by atoms with Gasteiger partial charge in [-0.2, -0.15) is 26.3 Å². The van der Waals surface area contributed by atoms with Crippen LogP contribution in [0.5, 0.6) is 0 Å². The van der Waals surface area contributed by atoms with Gasteiger partial charge in [0.1, 0.15) is 0 Å². The van der Waals surface area contributed by atoms with Crippen molar-refractivity contribution in [3.05, 3.63) is 12.2 Å². The van der Waals surface area contributed by atoms with Gasteiger partial charge < -0.3 is 14.2 Å². The van der Waals surface area contributed by atoms with Crippen LogP contribution in [0.3, 0.4) is 0 Å². The average molecular weight is 324 g/mol. The molecule has 0 radical (unpaired) electrons. The van der Waals surface area contributed by atoms with Gasteiger partial charge in [-0.15, -0.1) is 0 Å². The zero-order chi connectivity index (χ0) is 17.0. The van der Waals surface area contributed by atoms with E-state index in [2.05, 4.69) is 20.8 Å². The Labute approximate surface area is 114 Å². The van der Waals surface area contributed by atoms with Crippen molar-refractivity contribution in [2.24, 2.45) is 0 Å². The first-order valence-electron chi connectivity index (χ1n) is 5.04. The summed E-state index contributed by atoms with van der Waals surface area (Å²) in [6.45, 7) is 4.23. The molecule has 122 valence electrons. The molecule has 0 fully saturated rings. The third kappa shape index (κ3) is 6.02. The fraction of sp³-hybridized carbons (Fsp3) is 0.600. The highest BCUT2D eigenvalue weighted by Crippen LogP contribution is 2.36. The van der Waals surface area contributed by atoms with Gasteiger partial charge in [-0.3, -0.25) is 0 Å². The minimum absolute atomic E-state index is 0.256. The lowest BCUT2D eigenvalue weighted by molar-refractivity contribution is -0.317. The molecule has 5 nitrogen and oxygen atoms in total. The number of halogens is 6. The number of hydrogen-bond donors (Lipinski definition) is 0. The van der Waals surface area contributed by atoms with Gasteiger partial charge in [-0.05, 0) is 6.92 Å². The number of carbonyl (C=O) groups is 2. The van der Waals surface area contributed by atoms with E-state index in [1.807, 2.05) is 0 Å². The number of carbonyl (C=O) groups excluding carboxylic acids is 2. The third-order valence-electron chi connectivity index (χ3n) is 1.80. The highest BCUT2D eigenvalue weighted by Gasteiger charge is 2.60. The molecule has 1 atom stereocenters. The standard InChI is InChI=1S/C10H10F6O5/c1-4(2)5(17)20-7(19-3)6(18)21-8(9(11,12)13)10(14,15)16/h7-8H,1H2,2-3H3. The maximum absolute atomic E-state index is 12.2. The molecular formula is C10H10F6O5. The number of alkyl halides is 6. The molecule has 0 aromatic carbocycles. The van der Waals surface area contributed by atoms with Crippen molar-refractivity contribution >= 4 is 11.9 Å². The SMILES string of the molecule is C=C(C)C(=O)OC(OC)C(=O)OC(C(F)(F)F)C(F)(F)F. The van der Waals surface area contributed by atoms with Gasteiger partial charge in [-0.25, -0.2) is 9.59 Å². The highest BCUT2D eigenvalue weighted by molar-refractivity contribution is 5.89. The van der Waals surface area contributed by atoms with Crippen LogP contribution in [-0.4, -0.2) is 43.8 Å². The molecule has 0 spiro atoms. The van der Waals surface area contributed by atoms with Crippen molar-refractivity contribution in [1.82, 2.24) is 0 Å². The molecule has 0 N–H and O–H groups in total. The van der Waals surface area contributed by atoms with E-state index in [9.17, 15) is 35.9 Å². The molecule has 11 heteroatoms. The third-order valence-corrected chi connectivity index (χ3v) is 1.80. The van der Waals surface area contributed by atoms with Crippen LogP contribution in [0, 0.1) is 0 Å². The summed E-state index contributed by atoms with van der Waals surface area (Å²) in [5.41, 5.74) is -0.256. The zero-order valence-electron chi connectivity index (χ0n) is 10.7. The molecule has 0 aromatic heterocycles. The van der Waals surface area contributed by atoms with Crippen molar-refractivity contribution in [3.8, 4) is 0 Å². The molecule has 1 unspecified atom stereocenters. The maximum Gasteiger partial charge on any atom is 0.434 e. The second-order valence-corrected chi connectivity index (χ2v) is 3.65. The van der Waals surface area contributed by atoms with Gasteiger partial charge in [0.25, 0.3) is 6.10 Å². The van der Waals surface area contributed by atoms with E-state index in [4.69, 9.17) is 0 Å². The summed E-state index contributed by atoms with van der Waals surface area (Å²) in [7, 11) is 0.716. The van der Waals surface area contributed by atoms with Crippen LogP contribution in [0.2, 0.25) is 0 Å². The molecule has 0 saturated carbocycles. The van der Waals surface area contributed by atoms with Crippen LogP contribution < -0.4 is 0 Å². The van der Waals surface area contributed by atoms with Gasteiger partial charge >= 0.3 is 30.6 Å². The molecule has 0 aliphatic carbocycles. The van der Waals surface area contributed by atoms with Crippen LogP contribution >= 0.6 is 0 Å². The summed E-state index contributed by atoms with van der Waals surface area (Å²) in [6.07, 6.45) is -18.5. The van der Waals surface area contributed by atoms with E-state index >= 15 is 0 Å². The summed E-state index contributed by atoms with van der Waals surface area (Å²) in [5, 5.41) is 0. The van der Waals surface area contributed by atoms with Crippen molar-refractivity contribution in [2.75, 3.05) is 7.11 Å². The summed E-state index contributed by atoms with van der Waals surface area (Å²) < 4.78 is 84.7. The van der Waals surface area contributed by atoms with Crippen LogP contribution in [-0.2, 0) is 23.8 Å². The van der Waals surface area contributed by atoms with Gasteiger partial charge in [0.15, 0.2) is 0 Å². The number of ether oxygens (including phenoxy) is 3. The van der Waals surface area contributed by atoms with E-state index in [0.717, 1.165) is 6.92 Å². The van der Waals surface area contributed by atoms with E-state index in [-0.39, 0.29) is 5.57 Å². The minimum Gasteiger partial charge on any atom is -0.438 e. The van der Waals surface area contributed by atoms with Crippen molar-refractivity contribution in [2.45, 2.75) is 31.7 Å². The summed E-state index contributed by atoms with van der Waals surface area (Å²) >= 11 is 0. The molecule has 0 rings (SSSR count). The van der Waals surface area contributed by atoms with Crippen molar-refractivity contribution < 1.29 is 50.1 Å². The van der Waals surface area contributed by atoms with Gasteiger partial charge in [0, 0.05) is 12.7 Å². The predicted octanol–water partition coefficient (Wildman–Crippen LogP) is 2.11. The Morgan fingerprint density at radius 1 is 1.00 bits per heavy atom. The van der Waals surface area contributed by atoms with Crippen molar-refractivity contribution in [1.29, 1.82) is 0 Å². The van der Waals surface area contributed by atoms with Crippen LogP contribution in [0.15, 0.2) is 12.2 Å². The molecule has 21 heavy (non-hydrogen) atoms. The van der Waals surface area contributed by atoms with E-state index < -0.39 is 36.7 Å². The quantitative estimate of drug-likeness (QED) is 0.335. The normalized spacial score (nSPS) is 13.8. The Kier molecular flexibility index (Phi) is 6.21. The molecular weight excluding hydrogens is 314 g/mol. The topological polar surface area (TPSA) is 61.8 Å². The Hall–Kier alpha value is -1.78. The molecule has 0 saturated heterocycles. The lowest BCUT2D eigenvalue weighted by Crippen LogP contribution is -2.47. The summed E-state index contributed by atoms with van der Waals surface area (Å²) in [4.78, 5) is 22.2. The van der Waals surface area contributed by atoms with Crippen LogP contribution in [0.1, 0.15) is 6.92 Å². The van der Waals surface area contributed by atoms with E-state index in [1.54, 1.807) is 0 Å². The Morgan fingerprint density at radius 3 is 1.71 bits per heavy atom. The summed E-state index contributed by atoms with van der Waals surface area (Å²) in [5.74, 6) is -3.42. The van der Waals surface area contributed by atoms with Gasteiger partial charge in [0.2, 0.25) is 0 Å². The van der Waals surface area contributed by atoms with Crippen LogP contribution in [0.25, 0.3) is 0 Å². The number of esters is 2. The lowest BCUT2D eigenvalue weighted by Gasteiger charge is -2.24. The van der Waals surface area contributed by atoms with Crippen LogP contribution in [0.4, 0.5) is 26.3 Å². The maximum atomic E-state index is 12.2. The largest absolute Gasteiger partial charge is 0.438 e. The fourth-order valence-electron chi connectivity index (χ4n) is 0.881. The molecule has 0 aliphatic rings. The van der Waals surface area contributed by atoms with Gasteiger partial charge in [-0.1, -0.05) is 6.58 Å².